The third-order valence-corrected chi connectivity index (χ3v) is 11.4. The Morgan fingerprint density at radius 1 is 1.06 bits per heavy atom. The van der Waals surface area contributed by atoms with Crippen LogP contribution in [0.5, 0.6) is 0 Å². The number of allylic oxidation sites excluding steroid dienone is 1. The lowest BCUT2D eigenvalue weighted by Crippen LogP contribution is -2.55. The molecule has 0 aliphatic heterocycles. The molecular formula is C31H52O2. The lowest BCUT2D eigenvalue weighted by atomic mass is 9.46. The van der Waals surface area contributed by atoms with Gasteiger partial charge in [0.25, 0.3) is 0 Å². The van der Waals surface area contributed by atoms with E-state index in [1.807, 2.05) is 0 Å². The molecule has 2 heteroatoms. The van der Waals surface area contributed by atoms with Crippen LogP contribution < -0.4 is 0 Å². The van der Waals surface area contributed by atoms with Crippen molar-refractivity contribution in [2.45, 2.75) is 118 Å². The summed E-state index contributed by atoms with van der Waals surface area (Å²) in [6.07, 6.45) is 12.2. The Bertz CT molecular complexity index is 774. The van der Waals surface area contributed by atoms with Gasteiger partial charge < -0.3 is 10.2 Å². The molecule has 0 heterocycles. The minimum atomic E-state index is -0.323. The third kappa shape index (κ3) is 4.31. The van der Waals surface area contributed by atoms with E-state index in [9.17, 15) is 10.2 Å². The van der Waals surface area contributed by atoms with Gasteiger partial charge in [-0.25, -0.2) is 0 Å². The van der Waals surface area contributed by atoms with Crippen LogP contribution in [0.1, 0.15) is 106 Å². The summed E-state index contributed by atoms with van der Waals surface area (Å²) in [6, 6.07) is 0. The van der Waals surface area contributed by atoms with Crippen molar-refractivity contribution in [1.82, 2.24) is 0 Å². The van der Waals surface area contributed by atoms with Crippen molar-refractivity contribution in [3.63, 3.8) is 0 Å². The van der Waals surface area contributed by atoms with E-state index in [0.717, 1.165) is 31.1 Å². The Kier molecular flexibility index (Phi) is 6.80. The second-order valence-corrected chi connectivity index (χ2v) is 14.3. The highest BCUT2D eigenvalue weighted by molar-refractivity contribution is 5.28. The average Bonchev–Trinajstić information content (AvgIpc) is 3.05. The van der Waals surface area contributed by atoms with Gasteiger partial charge in [0.2, 0.25) is 0 Å². The first-order chi connectivity index (χ1) is 15.3. The number of aliphatic hydroxyl groups excluding tert-OH is 2. The van der Waals surface area contributed by atoms with Crippen molar-refractivity contribution in [2.24, 2.45) is 51.8 Å². The summed E-state index contributed by atoms with van der Waals surface area (Å²) in [5.41, 5.74) is 3.53. The van der Waals surface area contributed by atoms with E-state index in [4.69, 9.17) is 0 Å². The Balaban J connectivity index is 1.51. The second kappa shape index (κ2) is 8.81. The number of rotatable bonds is 5. The van der Waals surface area contributed by atoms with E-state index >= 15 is 0 Å². The zero-order valence-corrected chi connectivity index (χ0v) is 22.7. The minimum absolute atomic E-state index is 0.190. The molecule has 0 spiro atoms. The van der Waals surface area contributed by atoms with E-state index in [0.29, 0.717) is 29.1 Å². The van der Waals surface area contributed by atoms with Crippen LogP contribution in [0.25, 0.3) is 0 Å². The van der Waals surface area contributed by atoms with Crippen LogP contribution in [0.15, 0.2) is 23.8 Å². The fourth-order valence-corrected chi connectivity index (χ4v) is 9.65. The molecule has 0 amide bonds. The van der Waals surface area contributed by atoms with Gasteiger partial charge in [0.15, 0.2) is 0 Å². The normalized spacial score (nSPS) is 44.8. The van der Waals surface area contributed by atoms with E-state index in [-0.39, 0.29) is 23.0 Å². The molecule has 188 valence electrons. The van der Waals surface area contributed by atoms with Gasteiger partial charge in [0, 0.05) is 0 Å². The first-order valence-electron chi connectivity index (χ1n) is 14.0. The lowest BCUT2D eigenvalue weighted by molar-refractivity contribution is -0.0972. The molecule has 0 aromatic heterocycles. The largest absolute Gasteiger partial charge is 0.393 e. The molecule has 2 N–H and O–H groups in total. The summed E-state index contributed by atoms with van der Waals surface area (Å²) in [5.74, 6) is 3.72. The fraction of sp³-hybridized carbons (Fsp3) is 0.871. The van der Waals surface area contributed by atoms with Crippen LogP contribution in [0.3, 0.4) is 0 Å². The smallest absolute Gasteiger partial charge is 0.0757 e. The Hall–Kier alpha value is -0.600. The quantitative estimate of drug-likeness (QED) is 0.419. The van der Waals surface area contributed by atoms with Crippen molar-refractivity contribution in [3.8, 4) is 0 Å². The number of fused-ring (bicyclic) bond motifs is 5. The maximum atomic E-state index is 11.4. The SMILES string of the molecule is C=C(C)C(CCC(C)C1CCC2C3C(CC[C@]12C)[C@@]1(C)CC[C@H](O)CC1=C[C@@H]3O)C(C)(C)C. The number of aliphatic hydroxyl groups is 2. The molecule has 0 radical (unpaired) electrons. The van der Waals surface area contributed by atoms with Crippen molar-refractivity contribution < 1.29 is 10.2 Å². The molecule has 2 nitrogen and oxygen atoms in total. The first-order valence-corrected chi connectivity index (χ1v) is 14.0. The molecule has 4 aliphatic carbocycles. The van der Waals surface area contributed by atoms with E-state index in [1.54, 1.807) is 0 Å². The number of hydrogen-bond donors (Lipinski definition) is 2. The van der Waals surface area contributed by atoms with Gasteiger partial charge in [-0.1, -0.05) is 65.3 Å². The van der Waals surface area contributed by atoms with Crippen LogP contribution in [0.4, 0.5) is 0 Å². The maximum Gasteiger partial charge on any atom is 0.0757 e. The zero-order valence-electron chi connectivity index (χ0n) is 22.7. The Morgan fingerprint density at radius 2 is 1.76 bits per heavy atom. The fourth-order valence-electron chi connectivity index (χ4n) is 9.65. The summed E-state index contributed by atoms with van der Waals surface area (Å²) in [5, 5.41) is 21.7. The lowest BCUT2D eigenvalue weighted by Gasteiger charge is -2.59. The van der Waals surface area contributed by atoms with Gasteiger partial charge in [0.1, 0.15) is 0 Å². The highest BCUT2D eigenvalue weighted by Gasteiger charge is 2.61. The predicted molar refractivity (Wildman–Crippen MR) is 139 cm³/mol. The van der Waals surface area contributed by atoms with Crippen LogP contribution in [0, 0.1) is 51.8 Å². The molecular weight excluding hydrogens is 404 g/mol. The van der Waals surface area contributed by atoms with Crippen molar-refractivity contribution >= 4 is 0 Å². The first kappa shape index (κ1) is 25.5. The Morgan fingerprint density at radius 3 is 2.39 bits per heavy atom. The van der Waals surface area contributed by atoms with Gasteiger partial charge in [-0.2, -0.15) is 0 Å². The molecule has 3 fully saturated rings. The molecule has 10 atom stereocenters. The maximum absolute atomic E-state index is 11.4. The average molecular weight is 457 g/mol. The van der Waals surface area contributed by atoms with Crippen molar-refractivity contribution in [3.05, 3.63) is 23.8 Å². The van der Waals surface area contributed by atoms with Crippen LogP contribution in [-0.2, 0) is 0 Å². The third-order valence-electron chi connectivity index (χ3n) is 11.4. The van der Waals surface area contributed by atoms with Crippen LogP contribution in [0.2, 0.25) is 0 Å². The van der Waals surface area contributed by atoms with Gasteiger partial charge >= 0.3 is 0 Å². The van der Waals surface area contributed by atoms with Crippen LogP contribution >= 0.6 is 0 Å². The summed E-state index contributed by atoms with van der Waals surface area (Å²) >= 11 is 0. The summed E-state index contributed by atoms with van der Waals surface area (Å²) in [6.45, 7) is 21.2. The van der Waals surface area contributed by atoms with Gasteiger partial charge in [0.05, 0.1) is 12.2 Å². The predicted octanol–water partition coefficient (Wildman–Crippen LogP) is 7.55. The molecule has 4 rings (SSSR count). The standard InChI is InChI=1S/C31H52O2/c1-19(2)23(29(4,5)6)10-9-20(3)24-11-12-25-28-26(14-16-31(24,25)8)30(7)15-13-22(32)17-21(30)18-27(28)33/h18,20,22-28,32-33H,1,9-17H2,2-8H3/t20?,22-,23?,24?,25?,26?,27-,28?,30-,31+/m0/s1. The minimum Gasteiger partial charge on any atom is -0.393 e. The summed E-state index contributed by atoms with van der Waals surface area (Å²) < 4.78 is 0. The van der Waals surface area contributed by atoms with E-state index in [2.05, 4.69) is 61.1 Å². The van der Waals surface area contributed by atoms with Gasteiger partial charge in [-0.05, 0) is 116 Å². The Labute approximate surface area is 204 Å². The van der Waals surface area contributed by atoms with Crippen molar-refractivity contribution in [2.75, 3.05) is 0 Å². The molecule has 0 bridgehead atoms. The molecule has 0 aromatic rings. The summed E-state index contributed by atoms with van der Waals surface area (Å²) in [4.78, 5) is 0. The molecule has 4 aliphatic rings. The monoisotopic (exact) mass is 456 g/mol. The molecule has 0 aromatic carbocycles. The highest BCUT2D eigenvalue weighted by atomic mass is 16.3. The number of hydrogen-bond acceptors (Lipinski definition) is 2. The second-order valence-electron chi connectivity index (χ2n) is 14.3. The molecule has 3 saturated carbocycles. The molecule has 33 heavy (non-hydrogen) atoms. The van der Waals surface area contributed by atoms with E-state index in [1.165, 1.54) is 49.7 Å². The molecule has 6 unspecified atom stereocenters. The molecule has 0 saturated heterocycles. The zero-order chi connectivity index (χ0) is 24.3. The van der Waals surface area contributed by atoms with E-state index < -0.39 is 0 Å². The summed E-state index contributed by atoms with van der Waals surface area (Å²) in [7, 11) is 0. The topological polar surface area (TPSA) is 40.5 Å². The van der Waals surface area contributed by atoms with Gasteiger partial charge in [-0.15, -0.1) is 0 Å². The van der Waals surface area contributed by atoms with Crippen LogP contribution in [-0.4, -0.2) is 22.4 Å². The highest BCUT2D eigenvalue weighted by Crippen LogP contribution is 2.67. The van der Waals surface area contributed by atoms with Gasteiger partial charge in [-0.3, -0.25) is 0 Å². The van der Waals surface area contributed by atoms with Crippen molar-refractivity contribution in [1.29, 1.82) is 0 Å².